The fraction of sp³-hybridized carbons (Fsp3) is 0.0588. The maximum atomic E-state index is 12.4. The monoisotopic (exact) mass is 345 g/mol. The molecule has 0 unspecified atom stereocenters. The first-order valence-electron chi connectivity index (χ1n) is 6.76. The third-order valence-corrected chi connectivity index (χ3v) is 4.31. The molecule has 1 N–H and O–H groups in total. The normalized spacial score (nSPS) is 10.7. The third-order valence-electron chi connectivity index (χ3n) is 3.28. The highest BCUT2D eigenvalue weighted by molar-refractivity contribution is 7.98. The van der Waals surface area contributed by atoms with E-state index in [-0.39, 0.29) is 11.1 Å². The summed E-state index contributed by atoms with van der Waals surface area (Å²) in [5, 5.41) is 3.64. The molecule has 1 aromatic heterocycles. The molecule has 116 valence electrons. The first-order chi connectivity index (χ1) is 11.1. The first kappa shape index (κ1) is 15.6. The molecule has 0 aliphatic heterocycles. The van der Waals surface area contributed by atoms with Crippen molar-refractivity contribution in [3.05, 3.63) is 69.5 Å². The zero-order valence-corrected chi connectivity index (χ0v) is 13.7. The molecule has 0 spiro atoms. The van der Waals surface area contributed by atoms with Crippen molar-refractivity contribution in [2.24, 2.45) is 0 Å². The number of carbonyl (C=O) groups is 1. The molecule has 0 fully saturated rings. The molecular formula is C17H12ClNO3S. The van der Waals surface area contributed by atoms with Crippen molar-refractivity contribution in [2.75, 3.05) is 11.6 Å². The molecule has 3 aromatic rings. The number of anilines is 1. The number of amides is 1. The predicted octanol–water partition coefficient (Wildman–Crippen LogP) is 4.42. The Morgan fingerprint density at radius 2 is 1.96 bits per heavy atom. The number of halogens is 1. The van der Waals surface area contributed by atoms with Gasteiger partial charge in [0.05, 0.1) is 5.02 Å². The van der Waals surface area contributed by atoms with E-state index in [1.54, 1.807) is 36.0 Å². The van der Waals surface area contributed by atoms with Crippen LogP contribution in [0.2, 0.25) is 5.02 Å². The Hall–Kier alpha value is -2.24. The lowest BCUT2D eigenvalue weighted by Gasteiger charge is -2.07. The average Bonchev–Trinajstić information content (AvgIpc) is 2.55. The summed E-state index contributed by atoms with van der Waals surface area (Å²) in [6.07, 6.45) is 1.95. The van der Waals surface area contributed by atoms with Gasteiger partial charge in [-0.1, -0.05) is 29.8 Å². The van der Waals surface area contributed by atoms with Gasteiger partial charge in [0.2, 0.25) is 0 Å². The second-order valence-corrected chi connectivity index (χ2v) is 6.08. The number of hydrogen-bond acceptors (Lipinski definition) is 4. The molecule has 4 nitrogen and oxygen atoms in total. The Morgan fingerprint density at radius 3 is 2.74 bits per heavy atom. The number of thioether (sulfide) groups is 1. The number of nitrogens with one attached hydrogen (secondary N) is 1. The molecule has 0 radical (unpaired) electrons. The molecule has 0 saturated carbocycles. The molecule has 6 heteroatoms. The van der Waals surface area contributed by atoms with Crippen LogP contribution in [0.3, 0.4) is 0 Å². The van der Waals surface area contributed by atoms with Crippen LogP contribution in [-0.2, 0) is 0 Å². The minimum absolute atomic E-state index is 0.0608. The van der Waals surface area contributed by atoms with E-state index in [0.717, 1.165) is 4.90 Å². The summed E-state index contributed by atoms with van der Waals surface area (Å²) in [5.41, 5.74) is 0.117. The van der Waals surface area contributed by atoms with Crippen molar-refractivity contribution in [2.45, 2.75) is 4.90 Å². The van der Waals surface area contributed by atoms with Gasteiger partial charge in [-0.3, -0.25) is 4.79 Å². The quantitative estimate of drug-likeness (QED) is 0.564. The van der Waals surface area contributed by atoms with E-state index >= 15 is 0 Å². The highest BCUT2D eigenvalue weighted by atomic mass is 35.5. The summed E-state index contributed by atoms with van der Waals surface area (Å²) in [6, 6.07) is 13.9. The molecule has 1 amide bonds. The van der Waals surface area contributed by atoms with Crippen molar-refractivity contribution >= 4 is 45.9 Å². The van der Waals surface area contributed by atoms with Gasteiger partial charge in [0.25, 0.3) is 5.91 Å². The second kappa shape index (κ2) is 6.48. The maximum absolute atomic E-state index is 12.4. The summed E-state index contributed by atoms with van der Waals surface area (Å²) < 4.78 is 5.17. The Balaban J connectivity index is 1.97. The van der Waals surface area contributed by atoms with Gasteiger partial charge in [-0.2, -0.15) is 0 Å². The van der Waals surface area contributed by atoms with Crippen LogP contribution in [0.15, 0.2) is 62.6 Å². The van der Waals surface area contributed by atoms with Crippen LogP contribution in [0.5, 0.6) is 0 Å². The number of fused-ring (bicyclic) bond motifs is 1. The van der Waals surface area contributed by atoms with Crippen LogP contribution in [0, 0.1) is 0 Å². The molecule has 0 bridgehead atoms. The standard InChI is InChI=1S/C17H12ClNO3S/c1-23-12-6-3-5-11(9-12)19-16(20)13-8-10-4-2-7-14(18)15(10)22-17(13)21/h2-9H,1H3,(H,19,20). The number of rotatable bonds is 3. The Kier molecular flexibility index (Phi) is 4.41. The molecule has 0 aliphatic rings. The van der Waals surface area contributed by atoms with E-state index in [9.17, 15) is 9.59 Å². The summed E-state index contributed by atoms with van der Waals surface area (Å²) in [5.74, 6) is -0.515. The van der Waals surface area contributed by atoms with Crippen LogP contribution in [0.1, 0.15) is 10.4 Å². The van der Waals surface area contributed by atoms with Gasteiger partial charge in [-0.05, 0) is 36.6 Å². The zero-order chi connectivity index (χ0) is 16.4. The van der Waals surface area contributed by atoms with Crippen molar-refractivity contribution < 1.29 is 9.21 Å². The highest BCUT2D eigenvalue weighted by Crippen LogP contribution is 2.23. The lowest BCUT2D eigenvalue weighted by atomic mass is 10.1. The van der Waals surface area contributed by atoms with E-state index in [1.165, 1.54) is 6.07 Å². The topological polar surface area (TPSA) is 59.3 Å². The minimum atomic E-state index is -0.718. The van der Waals surface area contributed by atoms with Crippen LogP contribution in [0.25, 0.3) is 11.0 Å². The Bertz CT molecular complexity index is 952. The lowest BCUT2D eigenvalue weighted by molar-refractivity contribution is 0.102. The van der Waals surface area contributed by atoms with Gasteiger partial charge >= 0.3 is 5.63 Å². The Morgan fingerprint density at radius 1 is 1.17 bits per heavy atom. The Labute approximate surface area is 141 Å². The fourth-order valence-electron chi connectivity index (χ4n) is 2.17. The molecule has 23 heavy (non-hydrogen) atoms. The fourth-order valence-corrected chi connectivity index (χ4v) is 2.85. The van der Waals surface area contributed by atoms with Crippen LogP contribution >= 0.6 is 23.4 Å². The van der Waals surface area contributed by atoms with E-state index in [4.69, 9.17) is 16.0 Å². The highest BCUT2D eigenvalue weighted by Gasteiger charge is 2.15. The molecule has 0 saturated heterocycles. The maximum Gasteiger partial charge on any atom is 0.349 e. The van der Waals surface area contributed by atoms with Gasteiger partial charge in [0.15, 0.2) is 5.58 Å². The van der Waals surface area contributed by atoms with Crippen molar-refractivity contribution in [1.29, 1.82) is 0 Å². The van der Waals surface area contributed by atoms with E-state index in [0.29, 0.717) is 16.1 Å². The zero-order valence-electron chi connectivity index (χ0n) is 12.1. The lowest BCUT2D eigenvalue weighted by Crippen LogP contribution is -2.20. The summed E-state index contributed by atoms with van der Waals surface area (Å²) in [4.78, 5) is 25.4. The average molecular weight is 346 g/mol. The van der Waals surface area contributed by atoms with Crippen molar-refractivity contribution in [1.82, 2.24) is 0 Å². The van der Waals surface area contributed by atoms with Gasteiger partial charge < -0.3 is 9.73 Å². The van der Waals surface area contributed by atoms with Crippen molar-refractivity contribution in [3.63, 3.8) is 0 Å². The van der Waals surface area contributed by atoms with E-state index in [1.807, 2.05) is 24.5 Å². The van der Waals surface area contributed by atoms with E-state index < -0.39 is 11.5 Å². The molecule has 0 aliphatic carbocycles. The van der Waals surface area contributed by atoms with Gasteiger partial charge in [0.1, 0.15) is 5.56 Å². The number of para-hydroxylation sites is 1. The molecule has 2 aromatic carbocycles. The number of carbonyl (C=O) groups excluding carboxylic acids is 1. The first-order valence-corrected chi connectivity index (χ1v) is 8.36. The van der Waals surface area contributed by atoms with Crippen LogP contribution < -0.4 is 10.9 Å². The second-order valence-electron chi connectivity index (χ2n) is 4.79. The van der Waals surface area contributed by atoms with Crippen LogP contribution in [0.4, 0.5) is 5.69 Å². The molecular weight excluding hydrogens is 334 g/mol. The summed E-state index contributed by atoms with van der Waals surface area (Å²) in [7, 11) is 0. The van der Waals surface area contributed by atoms with Gasteiger partial charge in [-0.25, -0.2) is 4.79 Å². The number of hydrogen-bond donors (Lipinski definition) is 1. The third kappa shape index (κ3) is 3.25. The molecule has 0 atom stereocenters. The molecule has 3 rings (SSSR count). The smallest absolute Gasteiger partial charge is 0.349 e. The largest absolute Gasteiger partial charge is 0.421 e. The number of benzene rings is 2. The summed E-state index contributed by atoms with van der Waals surface area (Å²) in [6.45, 7) is 0. The molecule has 1 heterocycles. The SMILES string of the molecule is CSc1cccc(NC(=O)c2cc3cccc(Cl)c3oc2=O)c1. The minimum Gasteiger partial charge on any atom is -0.421 e. The van der Waals surface area contributed by atoms with Gasteiger partial charge in [0, 0.05) is 16.0 Å². The van der Waals surface area contributed by atoms with E-state index in [2.05, 4.69) is 5.32 Å². The van der Waals surface area contributed by atoms with Gasteiger partial charge in [-0.15, -0.1) is 11.8 Å². The summed E-state index contributed by atoms with van der Waals surface area (Å²) >= 11 is 7.55. The van der Waals surface area contributed by atoms with Crippen molar-refractivity contribution in [3.8, 4) is 0 Å². The predicted molar refractivity (Wildman–Crippen MR) is 93.7 cm³/mol. The van der Waals surface area contributed by atoms with Crippen LogP contribution in [-0.4, -0.2) is 12.2 Å².